The second-order valence-corrected chi connectivity index (χ2v) is 7.70. The maximum Gasteiger partial charge on any atom is 0.338 e. The molecule has 5 nitrogen and oxygen atoms in total. The number of ether oxygens (including phenoxy) is 1. The van der Waals surface area contributed by atoms with E-state index in [4.69, 9.17) is 4.74 Å². The van der Waals surface area contributed by atoms with Gasteiger partial charge in [0.2, 0.25) is 0 Å². The lowest BCUT2D eigenvalue weighted by molar-refractivity contribution is 0.0599. The van der Waals surface area contributed by atoms with E-state index in [1.165, 1.54) is 24.8 Å². The van der Waals surface area contributed by atoms with E-state index >= 15 is 0 Å². The lowest BCUT2D eigenvalue weighted by Gasteiger charge is -2.30. The van der Waals surface area contributed by atoms with Gasteiger partial charge >= 0.3 is 5.97 Å². The van der Waals surface area contributed by atoms with E-state index in [1.54, 1.807) is 11.3 Å². The Balaban J connectivity index is 0.000000516. The van der Waals surface area contributed by atoms with E-state index in [-0.39, 0.29) is 5.97 Å². The number of imidazole rings is 1. The predicted octanol–water partition coefficient (Wildman–Crippen LogP) is 5.02. The van der Waals surface area contributed by atoms with Crippen LogP contribution in [0.3, 0.4) is 0 Å². The summed E-state index contributed by atoms with van der Waals surface area (Å²) in [4.78, 5) is 19.7. The molecule has 4 heterocycles. The van der Waals surface area contributed by atoms with Crippen molar-refractivity contribution < 1.29 is 9.53 Å². The largest absolute Gasteiger partial charge is 0.465 e. The zero-order valence-electron chi connectivity index (χ0n) is 16.8. The van der Waals surface area contributed by atoms with Crippen LogP contribution in [0.2, 0.25) is 0 Å². The van der Waals surface area contributed by atoms with Crippen LogP contribution in [-0.2, 0) is 17.7 Å². The van der Waals surface area contributed by atoms with E-state index in [0.717, 1.165) is 42.1 Å². The topological polar surface area (TPSA) is 46.8 Å². The molecule has 148 valence electrons. The summed E-state index contributed by atoms with van der Waals surface area (Å²) in [7, 11) is 1.42. The lowest BCUT2D eigenvalue weighted by atomic mass is 10.0. The van der Waals surface area contributed by atoms with Crippen molar-refractivity contribution in [2.45, 2.75) is 39.7 Å². The normalized spacial score (nSPS) is 12.9. The van der Waals surface area contributed by atoms with Crippen LogP contribution in [0.25, 0.3) is 11.3 Å². The average molecular weight is 398 g/mol. The summed E-state index contributed by atoms with van der Waals surface area (Å²) in [6, 6.07) is 5.94. The molecule has 3 aromatic heterocycles. The minimum Gasteiger partial charge on any atom is -0.465 e. The minimum atomic E-state index is -0.249. The molecule has 0 saturated heterocycles. The first-order valence-electron chi connectivity index (χ1n) is 9.64. The van der Waals surface area contributed by atoms with Gasteiger partial charge in [0.1, 0.15) is 5.65 Å². The molecular formula is C22H27N3O2S. The zero-order chi connectivity index (χ0) is 20.1. The maximum absolute atomic E-state index is 11.8. The van der Waals surface area contributed by atoms with Gasteiger partial charge in [-0.05, 0) is 24.1 Å². The molecule has 1 aliphatic heterocycles. The molecule has 0 aromatic carbocycles. The molecule has 0 saturated carbocycles. The Morgan fingerprint density at radius 2 is 2.11 bits per heavy atom. The monoisotopic (exact) mass is 397 g/mol. The Kier molecular flexibility index (Phi) is 6.52. The Hall–Kier alpha value is -2.60. The van der Waals surface area contributed by atoms with Crippen molar-refractivity contribution in [2.24, 2.45) is 0 Å². The van der Waals surface area contributed by atoms with Gasteiger partial charge in [0, 0.05) is 23.0 Å². The summed E-state index contributed by atoms with van der Waals surface area (Å²) in [5.41, 5.74) is 4.69. The Labute approximate surface area is 170 Å². The number of pyridine rings is 1. The summed E-state index contributed by atoms with van der Waals surface area (Å²) in [5, 5.41) is 1.90. The second-order valence-electron chi connectivity index (χ2n) is 6.73. The number of fused-ring (bicyclic) bond motifs is 2. The molecule has 1 aliphatic rings. The van der Waals surface area contributed by atoms with Gasteiger partial charge in [-0.15, -0.1) is 11.3 Å². The molecule has 0 aliphatic carbocycles. The number of rotatable bonds is 4. The summed E-state index contributed by atoms with van der Waals surface area (Å²) in [6.07, 6.45) is 7.32. The highest BCUT2D eigenvalue weighted by atomic mass is 32.1. The SMILES string of the molecule is C=C(c1cnc2ccccn12)N1CCc2c(C(=O)OC)csc2C1.CCCC. The third-order valence-corrected chi connectivity index (χ3v) is 5.96. The van der Waals surface area contributed by atoms with Crippen molar-refractivity contribution in [3.8, 4) is 0 Å². The number of nitrogens with zero attached hydrogens (tertiary/aromatic N) is 3. The highest BCUT2D eigenvalue weighted by molar-refractivity contribution is 7.10. The molecule has 0 unspecified atom stereocenters. The van der Waals surface area contributed by atoms with Crippen LogP contribution in [-0.4, -0.2) is 33.9 Å². The van der Waals surface area contributed by atoms with Gasteiger partial charge in [-0.2, -0.15) is 0 Å². The maximum atomic E-state index is 11.8. The van der Waals surface area contributed by atoms with Gasteiger partial charge < -0.3 is 9.64 Å². The van der Waals surface area contributed by atoms with Crippen molar-refractivity contribution in [2.75, 3.05) is 13.7 Å². The number of methoxy groups -OCH3 is 1. The lowest BCUT2D eigenvalue weighted by Crippen LogP contribution is -2.29. The number of unbranched alkanes of at least 4 members (excludes halogenated alkanes) is 1. The van der Waals surface area contributed by atoms with Gasteiger partial charge in [0.15, 0.2) is 0 Å². The smallest absolute Gasteiger partial charge is 0.338 e. The molecule has 0 atom stereocenters. The van der Waals surface area contributed by atoms with Gasteiger partial charge in [-0.3, -0.25) is 4.40 Å². The number of carbonyl (C=O) groups excluding carboxylic acids is 1. The summed E-state index contributed by atoms with van der Waals surface area (Å²) in [6.45, 7) is 10.2. The van der Waals surface area contributed by atoms with Crippen molar-refractivity contribution in [3.05, 3.63) is 64.2 Å². The highest BCUT2D eigenvalue weighted by Gasteiger charge is 2.25. The van der Waals surface area contributed by atoms with Crippen LogP contribution < -0.4 is 0 Å². The van der Waals surface area contributed by atoms with Gasteiger partial charge in [-0.25, -0.2) is 9.78 Å². The van der Waals surface area contributed by atoms with Crippen LogP contribution in [0.5, 0.6) is 0 Å². The Morgan fingerprint density at radius 1 is 1.32 bits per heavy atom. The van der Waals surface area contributed by atoms with E-state index in [9.17, 15) is 4.79 Å². The number of thiophene rings is 1. The average Bonchev–Trinajstić information content (AvgIpc) is 3.36. The molecule has 0 spiro atoms. The van der Waals surface area contributed by atoms with E-state index < -0.39 is 0 Å². The third-order valence-electron chi connectivity index (χ3n) is 4.95. The quantitative estimate of drug-likeness (QED) is 0.580. The van der Waals surface area contributed by atoms with Gasteiger partial charge in [-0.1, -0.05) is 39.3 Å². The van der Waals surface area contributed by atoms with Gasteiger partial charge in [0.25, 0.3) is 0 Å². The standard InChI is InChI=1S/C18H17N3O2S.C4H10/c1-12(15-9-19-17-5-3-4-7-21(15)17)20-8-6-13-14(18(22)23-2)11-24-16(13)10-20;1-3-4-2/h3-5,7,9,11H,1,6,8,10H2,2H3;3-4H2,1-2H3. The molecular weight excluding hydrogens is 370 g/mol. The summed E-state index contributed by atoms with van der Waals surface area (Å²) < 4.78 is 6.91. The third kappa shape index (κ3) is 3.97. The molecule has 4 rings (SSSR count). The second kappa shape index (κ2) is 9.06. The van der Waals surface area contributed by atoms with Crippen LogP contribution in [0.4, 0.5) is 0 Å². The molecule has 0 bridgehead atoms. The molecule has 6 heteroatoms. The minimum absolute atomic E-state index is 0.249. The molecule has 0 radical (unpaired) electrons. The number of hydrogen-bond acceptors (Lipinski definition) is 5. The van der Waals surface area contributed by atoms with E-state index in [1.807, 2.05) is 40.4 Å². The van der Waals surface area contributed by atoms with Crippen LogP contribution >= 0.6 is 11.3 Å². The van der Waals surface area contributed by atoms with E-state index in [2.05, 4.69) is 30.3 Å². The van der Waals surface area contributed by atoms with Crippen molar-refractivity contribution >= 4 is 28.7 Å². The summed E-state index contributed by atoms with van der Waals surface area (Å²) in [5.74, 6) is -0.249. The first kappa shape index (κ1) is 20.1. The molecule has 28 heavy (non-hydrogen) atoms. The Morgan fingerprint density at radius 3 is 2.82 bits per heavy atom. The fraction of sp³-hybridized carbons (Fsp3) is 0.364. The predicted molar refractivity (Wildman–Crippen MR) is 115 cm³/mol. The van der Waals surface area contributed by atoms with Crippen molar-refractivity contribution in [3.63, 3.8) is 0 Å². The fourth-order valence-corrected chi connectivity index (χ4v) is 4.23. The molecule has 3 aromatic rings. The molecule has 0 N–H and O–H groups in total. The first-order chi connectivity index (χ1) is 13.6. The van der Waals surface area contributed by atoms with Crippen LogP contribution in [0.1, 0.15) is 53.2 Å². The van der Waals surface area contributed by atoms with Gasteiger partial charge in [0.05, 0.1) is 36.8 Å². The number of hydrogen-bond donors (Lipinski definition) is 0. The molecule has 0 fully saturated rings. The number of carbonyl (C=O) groups is 1. The zero-order valence-corrected chi connectivity index (χ0v) is 17.6. The molecule has 0 amide bonds. The van der Waals surface area contributed by atoms with E-state index in [0.29, 0.717) is 5.56 Å². The summed E-state index contributed by atoms with van der Waals surface area (Å²) >= 11 is 1.61. The fourth-order valence-electron chi connectivity index (χ4n) is 3.15. The highest BCUT2D eigenvalue weighted by Crippen LogP contribution is 2.32. The Bertz CT molecular complexity index is 971. The first-order valence-corrected chi connectivity index (χ1v) is 10.5. The van der Waals surface area contributed by atoms with Crippen LogP contribution in [0.15, 0.2) is 42.6 Å². The van der Waals surface area contributed by atoms with Crippen LogP contribution in [0, 0.1) is 0 Å². The number of aromatic nitrogens is 2. The van der Waals surface area contributed by atoms with Crippen molar-refractivity contribution in [1.29, 1.82) is 0 Å². The number of esters is 1. The van der Waals surface area contributed by atoms with Crippen molar-refractivity contribution in [1.82, 2.24) is 14.3 Å².